The Balaban J connectivity index is 1.72. The van der Waals surface area contributed by atoms with Crippen LogP contribution in [0.1, 0.15) is 45.4 Å². The fraction of sp³-hybridized carbons (Fsp3) is 0.938. The van der Waals surface area contributed by atoms with E-state index in [4.69, 9.17) is 11.6 Å². The molecule has 4 aliphatic rings. The molecule has 0 N–H and O–H groups in total. The van der Waals surface area contributed by atoms with Gasteiger partial charge in [0.2, 0.25) is 5.91 Å². The SMILES string of the molecule is CCCN(CCCl)C(=O)C1C2CC3CC(C2)CC1C3. The van der Waals surface area contributed by atoms with Gasteiger partial charge in [0.05, 0.1) is 0 Å². The molecule has 0 radical (unpaired) electrons. The van der Waals surface area contributed by atoms with E-state index in [1.54, 1.807) is 0 Å². The van der Waals surface area contributed by atoms with Crippen LogP contribution in [0.25, 0.3) is 0 Å². The molecule has 1 amide bonds. The van der Waals surface area contributed by atoms with E-state index in [1.807, 2.05) is 4.90 Å². The molecule has 4 bridgehead atoms. The number of hydrogen-bond donors (Lipinski definition) is 0. The first-order valence-electron chi connectivity index (χ1n) is 8.07. The van der Waals surface area contributed by atoms with Gasteiger partial charge in [-0.3, -0.25) is 4.79 Å². The molecule has 4 saturated carbocycles. The maximum absolute atomic E-state index is 12.9. The molecule has 108 valence electrons. The third kappa shape index (κ3) is 2.53. The van der Waals surface area contributed by atoms with Crippen LogP contribution in [-0.4, -0.2) is 29.8 Å². The highest BCUT2D eigenvalue weighted by Gasteiger charge is 2.51. The molecular weight excluding hydrogens is 258 g/mol. The van der Waals surface area contributed by atoms with Gasteiger partial charge in [0.1, 0.15) is 0 Å². The molecule has 0 saturated heterocycles. The summed E-state index contributed by atoms with van der Waals surface area (Å²) in [4.78, 5) is 14.9. The average molecular weight is 284 g/mol. The van der Waals surface area contributed by atoms with Gasteiger partial charge in [-0.1, -0.05) is 6.92 Å². The summed E-state index contributed by atoms with van der Waals surface area (Å²) in [6.45, 7) is 3.76. The lowest BCUT2D eigenvalue weighted by Gasteiger charge is -2.54. The second kappa shape index (κ2) is 5.63. The summed E-state index contributed by atoms with van der Waals surface area (Å²) in [6, 6.07) is 0. The predicted molar refractivity (Wildman–Crippen MR) is 78.1 cm³/mol. The van der Waals surface area contributed by atoms with Crippen LogP contribution >= 0.6 is 11.6 Å². The lowest BCUT2D eigenvalue weighted by Crippen LogP contribution is -2.52. The largest absolute Gasteiger partial charge is 0.341 e. The molecule has 0 aliphatic heterocycles. The molecule has 3 heteroatoms. The zero-order valence-corrected chi connectivity index (χ0v) is 12.7. The van der Waals surface area contributed by atoms with Gasteiger partial charge in [0, 0.05) is 24.9 Å². The highest BCUT2D eigenvalue weighted by atomic mass is 35.5. The van der Waals surface area contributed by atoms with E-state index in [9.17, 15) is 4.79 Å². The van der Waals surface area contributed by atoms with Crippen molar-refractivity contribution >= 4 is 17.5 Å². The van der Waals surface area contributed by atoms with Crippen LogP contribution in [0.3, 0.4) is 0 Å². The van der Waals surface area contributed by atoms with Crippen LogP contribution in [0.5, 0.6) is 0 Å². The van der Waals surface area contributed by atoms with E-state index >= 15 is 0 Å². The normalized spacial score (nSPS) is 39.6. The van der Waals surface area contributed by atoms with Crippen molar-refractivity contribution in [3.8, 4) is 0 Å². The van der Waals surface area contributed by atoms with Crippen molar-refractivity contribution < 1.29 is 4.79 Å². The number of alkyl halides is 1. The minimum atomic E-state index is 0.336. The molecular formula is C16H26ClNO. The number of carbonyl (C=O) groups is 1. The quantitative estimate of drug-likeness (QED) is 0.707. The van der Waals surface area contributed by atoms with Gasteiger partial charge >= 0.3 is 0 Å². The van der Waals surface area contributed by atoms with Crippen LogP contribution in [0.2, 0.25) is 0 Å². The number of nitrogens with zero attached hydrogens (tertiary/aromatic N) is 1. The van der Waals surface area contributed by atoms with Gasteiger partial charge in [-0.15, -0.1) is 11.6 Å². The zero-order chi connectivity index (χ0) is 13.4. The van der Waals surface area contributed by atoms with E-state index in [0.717, 1.165) is 31.3 Å². The first kappa shape index (κ1) is 13.7. The standard InChI is InChI=1S/C16H26ClNO/c1-2-4-18(5-3-17)16(19)15-13-7-11-6-12(9-13)10-14(15)8-11/h11-15H,2-10H2,1H3. The third-order valence-corrected chi connectivity index (χ3v) is 5.84. The summed E-state index contributed by atoms with van der Waals surface area (Å²) in [7, 11) is 0. The summed E-state index contributed by atoms with van der Waals surface area (Å²) in [5, 5.41) is 0. The molecule has 0 heterocycles. The highest BCUT2D eigenvalue weighted by molar-refractivity contribution is 6.18. The number of carbonyl (C=O) groups excluding carboxylic acids is 1. The topological polar surface area (TPSA) is 20.3 Å². The lowest BCUT2D eigenvalue weighted by molar-refractivity contribution is -0.148. The number of hydrogen-bond acceptors (Lipinski definition) is 1. The lowest BCUT2D eigenvalue weighted by atomic mass is 9.51. The minimum Gasteiger partial charge on any atom is -0.341 e. The number of rotatable bonds is 5. The Bertz CT molecular complexity index is 310. The number of amides is 1. The van der Waals surface area contributed by atoms with Gasteiger partial charge in [0.25, 0.3) is 0 Å². The van der Waals surface area contributed by atoms with E-state index in [1.165, 1.54) is 32.1 Å². The molecule has 0 unspecified atom stereocenters. The maximum Gasteiger partial charge on any atom is 0.226 e. The van der Waals surface area contributed by atoms with Gasteiger partial charge < -0.3 is 4.90 Å². The molecule has 0 spiro atoms. The van der Waals surface area contributed by atoms with Crippen LogP contribution < -0.4 is 0 Å². The monoisotopic (exact) mass is 283 g/mol. The molecule has 19 heavy (non-hydrogen) atoms. The van der Waals surface area contributed by atoms with Gasteiger partial charge in [0.15, 0.2) is 0 Å². The summed E-state index contributed by atoms with van der Waals surface area (Å²) < 4.78 is 0. The molecule has 4 fully saturated rings. The van der Waals surface area contributed by atoms with E-state index in [0.29, 0.717) is 29.5 Å². The minimum absolute atomic E-state index is 0.336. The van der Waals surface area contributed by atoms with E-state index in [-0.39, 0.29) is 0 Å². The summed E-state index contributed by atoms with van der Waals surface area (Å²) >= 11 is 5.87. The molecule has 2 nitrogen and oxygen atoms in total. The van der Waals surface area contributed by atoms with E-state index in [2.05, 4.69) is 6.92 Å². The Morgan fingerprint density at radius 3 is 2.11 bits per heavy atom. The summed E-state index contributed by atoms with van der Waals surface area (Å²) in [6.07, 6.45) is 7.78. The Hall–Kier alpha value is -0.240. The van der Waals surface area contributed by atoms with Crippen molar-refractivity contribution in [3.05, 3.63) is 0 Å². The zero-order valence-electron chi connectivity index (χ0n) is 12.0. The fourth-order valence-electron chi connectivity index (χ4n) is 5.24. The molecule has 0 aromatic heterocycles. The van der Waals surface area contributed by atoms with Gasteiger partial charge in [-0.2, -0.15) is 0 Å². The maximum atomic E-state index is 12.9. The van der Waals surface area contributed by atoms with Crippen molar-refractivity contribution in [2.45, 2.75) is 45.4 Å². The van der Waals surface area contributed by atoms with Crippen molar-refractivity contribution in [1.82, 2.24) is 4.90 Å². The fourth-order valence-corrected chi connectivity index (χ4v) is 5.45. The first-order chi connectivity index (χ1) is 9.22. The Morgan fingerprint density at radius 1 is 1.05 bits per heavy atom. The first-order valence-corrected chi connectivity index (χ1v) is 8.61. The second-order valence-corrected chi connectivity index (χ2v) is 7.35. The predicted octanol–water partition coefficient (Wildman–Crippen LogP) is 3.54. The second-order valence-electron chi connectivity index (χ2n) is 6.97. The molecule has 4 rings (SSSR count). The Labute approximate surface area is 121 Å². The van der Waals surface area contributed by atoms with Gasteiger partial charge in [-0.25, -0.2) is 0 Å². The Morgan fingerprint density at radius 2 is 1.63 bits per heavy atom. The smallest absolute Gasteiger partial charge is 0.226 e. The van der Waals surface area contributed by atoms with Gasteiger partial charge in [-0.05, 0) is 62.2 Å². The van der Waals surface area contributed by atoms with Crippen molar-refractivity contribution in [2.24, 2.45) is 29.6 Å². The Kier molecular flexibility index (Phi) is 4.07. The highest BCUT2D eigenvalue weighted by Crippen LogP contribution is 2.56. The van der Waals surface area contributed by atoms with Crippen LogP contribution in [0, 0.1) is 29.6 Å². The summed E-state index contributed by atoms with van der Waals surface area (Å²) in [5.74, 6) is 4.60. The molecule has 0 atom stereocenters. The van der Waals surface area contributed by atoms with Crippen molar-refractivity contribution in [3.63, 3.8) is 0 Å². The average Bonchev–Trinajstić information content (AvgIpc) is 2.37. The molecule has 0 aromatic carbocycles. The van der Waals surface area contributed by atoms with Crippen LogP contribution in [-0.2, 0) is 4.79 Å². The summed E-state index contributed by atoms with van der Waals surface area (Å²) in [5.41, 5.74) is 0. The van der Waals surface area contributed by atoms with Crippen LogP contribution in [0.4, 0.5) is 0 Å². The van der Waals surface area contributed by atoms with Crippen LogP contribution in [0.15, 0.2) is 0 Å². The van der Waals surface area contributed by atoms with Crippen molar-refractivity contribution in [1.29, 1.82) is 0 Å². The van der Waals surface area contributed by atoms with Crippen molar-refractivity contribution in [2.75, 3.05) is 19.0 Å². The van der Waals surface area contributed by atoms with E-state index < -0.39 is 0 Å². The number of halogens is 1. The molecule has 0 aromatic rings. The molecule has 4 aliphatic carbocycles. The third-order valence-electron chi connectivity index (χ3n) is 5.67.